The van der Waals surface area contributed by atoms with Crippen molar-refractivity contribution in [2.45, 2.75) is 43.4 Å². The lowest BCUT2D eigenvalue weighted by Crippen LogP contribution is -2.10. The number of hydrogen-bond acceptors (Lipinski definition) is 5. The third kappa shape index (κ3) is 5.86. The van der Waals surface area contributed by atoms with Gasteiger partial charge in [0.25, 0.3) is 0 Å². The van der Waals surface area contributed by atoms with Gasteiger partial charge in [-0.15, -0.1) is 11.8 Å². The van der Waals surface area contributed by atoms with E-state index in [2.05, 4.69) is 30.9 Å². The number of benzene rings is 2. The number of nitrogens with zero attached hydrogens (tertiary/aromatic N) is 3. The summed E-state index contributed by atoms with van der Waals surface area (Å²) in [5.41, 5.74) is 3.83. The zero-order valence-corrected chi connectivity index (χ0v) is 22.3. The van der Waals surface area contributed by atoms with Gasteiger partial charge in [0.1, 0.15) is 12.3 Å². The number of aromatic carboxylic acids is 1. The van der Waals surface area contributed by atoms with Crippen molar-refractivity contribution in [3.63, 3.8) is 0 Å². The molecule has 0 amide bonds. The Morgan fingerprint density at radius 2 is 1.72 bits per heavy atom. The van der Waals surface area contributed by atoms with Crippen LogP contribution in [-0.2, 0) is 6.61 Å². The van der Waals surface area contributed by atoms with E-state index >= 15 is 0 Å². The Balaban J connectivity index is 1.48. The van der Waals surface area contributed by atoms with Crippen molar-refractivity contribution < 1.29 is 14.6 Å². The molecule has 0 aliphatic heterocycles. The fourth-order valence-corrected chi connectivity index (χ4v) is 5.24. The van der Waals surface area contributed by atoms with E-state index in [1.54, 1.807) is 53.0 Å². The summed E-state index contributed by atoms with van der Waals surface area (Å²) in [6, 6.07) is 16.0. The van der Waals surface area contributed by atoms with Crippen LogP contribution in [0.5, 0.6) is 5.88 Å². The molecule has 2 heterocycles. The summed E-state index contributed by atoms with van der Waals surface area (Å²) < 4.78 is 7.79. The van der Waals surface area contributed by atoms with Crippen LogP contribution in [0.15, 0.2) is 71.9 Å². The molecule has 4 aromatic rings. The maximum Gasteiger partial charge on any atom is 0.335 e. The van der Waals surface area contributed by atoms with E-state index in [4.69, 9.17) is 33.0 Å². The molecule has 1 atom stereocenters. The van der Waals surface area contributed by atoms with Gasteiger partial charge in [0.15, 0.2) is 0 Å². The summed E-state index contributed by atoms with van der Waals surface area (Å²) >= 11 is 14.5. The van der Waals surface area contributed by atoms with E-state index in [1.165, 1.54) is 0 Å². The van der Waals surface area contributed by atoms with Gasteiger partial charge in [-0.1, -0.05) is 49.2 Å². The molecule has 0 bridgehead atoms. The first-order valence-electron chi connectivity index (χ1n) is 11.3. The van der Waals surface area contributed by atoms with Gasteiger partial charge >= 0.3 is 5.97 Å². The first kappa shape index (κ1) is 26.1. The van der Waals surface area contributed by atoms with Crippen LogP contribution in [0.25, 0.3) is 5.69 Å². The van der Waals surface area contributed by atoms with Crippen molar-refractivity contribution >= 4 is 40.9 Å². The monoisotopic (exact) mass is 541 g/mol. The van der Waals surface area contributed by atoms with Crippen molar-refractivity contribution in [2.75, 3.05) is 0 Å². The standard InChI is InChI=1S/C27H25Cl2N3O3S/c1-16(2)21-14-31-32(26-22(28)5-4-6-23(26)29)24(21)15-35-25-12-9-19(13-30-25)17(3)36-20-10-7-18(8-11-20)27(33)34/h4-14,16-17H,15H2,1-3H3,(H,33,34). The fourth-order valence-electron chi connectivity index (χ4n) is 3.71. The molecule has 36 heavy (non-hydrogen) atoms. The van der Waals surface area contributed by atoms with Crippen LogP contribution in [-0.4, -0.2) is 25.8 Å². The highest BCUT2D eigenvalue weighted by Crippen LogP contribution is 2.35. The van der Waals surface area contributed by atoms with Crippen molar-refractivity contribution in [1.82, 2.24) is 14.8 Å². The van der Waals surface area contributed by atoms with E-state index in [9.17, 15) is 4.79 Å². The van der Waals surface area contributed by atoms with E-state index < -0.39 is 5.97 Å². The summed E-state index contributed by atoms with van der Waals surface area (Å²) in [4.78, 5) is 16.5. The number of carbonyl (C=O) groups is 1. The Bertz CT molecular complexity index is 1340. The highest BCUT2D eigenvalue weighted by molar-refractivity contribution is 7.99. The molecule has 6 nitrogen and oxygen atoms in total. The molecule has 0 saturated carbocycles. The van der Waals surface area contributed by atoms with Crippen LogP contribution in [0.3, 0.4) is 0 Å². The van der Waals surface area contributed by atoms with Gasteiger partial charge in [0.2, 0.25) is 5.88 Å². The fraction of sp³-hybridized carbons (Fsp3) is 0.222. The van der Waals surface area contributed by atoms with Gasteiger partial charge in [0, 0.05) is 22.4 Å². The molecule has 4 rings (SSSR count). The van der Waals surface area contributed by atoms with E-state index in [0.29, 0.717) is 21.6 Å². The second kappa shape index (κ2) is 11.4. The summed E-state index contributed by atoms with van der Waals surface area (Å²) in [6.07, 6.45) is 3.62. The van der Waals surface area contributed by atoms with Crippen molar-refractivity contribution in [3.8, 4) is 11.6 Å². The lowest BCUT2D eigenvalue weighted by atomic mass is 10.0. The Kier molecular flexibility index (Phi) is 8.24. The molecule has 0 aliphatic carbocycles. The minimum Gasteiger partial charge on any atom is -0.478 e. The van der Waals surface area contributed by atoms with Gasteiger partial charge in [-0.3, -0.25) is 0 Å². The molecule has 1 N–H and O–H groups in total. The average molecular weight is 542 g/mol. The number of para-hydroxylation sites is 1. The van der Waals surface area contributed by atoms with Crippen LogP contribution in [0, 0.1) is 0 Å². The van der Waals surface area contributed by atoms with Gasteiger partial charge in [-0.25, -0.2) is 14.5 Å². The number of aromatic nitrogens is 3. The van der Waals surface area contributed by atoms with Crippen molar-refractivity contribution in [3.05, 3.63) is 99.4 Å². The number of carboxylic acid groups (broad SMARTS) is 1. The number of carboxylic acids is 1. The molecule has 0 fully saturated rings. The minimum absolute atomic E-state index is 0.124. The highest BCUT2D eigenvalue weighted by Gasteiger charge is 2.19. The second-order valence-electron chi connectivity index (χ2n) is 8.49. The van der Waals surface area contributed by atoms with E-state index in [0.717, 1.165) is 21.7 Å². The largest absolute Gasteiger partial charge is 0.478 e. The Morgan fingerprint density at radius 3 is 2.31 bits per heavy atom. The molecule has 2 aromatic heterocycles. The van der Waals surface area contributed by atoms with Crippen LogP contribution in [0.1, 0.15) is 59.1 Å². The maximum absolute atomic E-state index is 11.0. The first-order chi connectivity index (χ1) is 17.2. The number of hydrogen-bond donors (Lipinski definition) is 1. The quantitative estimate of drug-likeness (QED) is 0.217. The average Bonchev–Trinajstić information content (AvgIpc) is 3.27. The van der Waals surface area contributed by atoms with Gasteiger partial charge < -0.3 is 9.84 Å². The smallest absolute Gasteiger partial charge is 0.335 e. The van der Waals surface area contributed by atoms with Crippen molar-refractivity contribution in [1.29, 1.82) is 0 Å². The number of halogens is 2. The SMILES string of the molecule is CC(C)c1cnn(-c2c(Cl)cccc2Cl)c1COc1ccc(C(C)Sc2ccc(C(=O)O)cc2)cn1. The molecule has 2 aromatic carbocycles. The zero-order valence-electron chi connectivity index (χ0n) is 20.0. The molecule has 0 spiro atoms. The number of ether oxygens (including phenoxy) is 1. The Morgan fingerprint density at radius 1 is 1.03 bits per heavy atom. The van der Waals surface area contributed by atoms with Crippen LogP contribution < -0.4 is 4.74 Å². The Labute approximate surface area is 224 Å². The molecule has 0 saturated heterocycles. The first-order valence-corrected chi connectivity index (χ1v) is 13.0. The number of thioether (sulfide) groups is 1. The summed E-state index contributed by atoms with van der Waals surface area (Å²) in [7, 11) is 0. The normalized spacial score (nSPS) is 12.1. The molecule has 0 aliphatic rings. The molecular weight excluding hydrogens is 517 g/mol. The second-order valence-corrected chi connectivity index (χ2v) is 10.7. The zero-order chi connectivity index (χ0) is 25.8. The number of pyridine rings is 1. The van der Waals surface area contributed by atoms with Gasteiger partial charge in [0.05, 0.1) is 27.5 Å². The highest BCUT2D eigenvalue weighted by atomic mass is 35.5. The van der Waals surface area contributed by atoms with E-state index in [-0.39, 0.29) is 23.3 Å². The summed E-state index contributed by atoms with van der Waals surface area (Å²) in [6.45, 7) is 6.52. The third-order valence-electron chi connectivity index (χ3n) is 5.67. The summed E-state index contributed by atoms with van der Waals surface area (Å²) in [5.74, 6) is -0.205. The lowest BCUT2D eigenvalue weighted by molar-refractivity contribution is 0.0697. The lowest BCUT2D eigenvalue weighted by Gasteiger charge is -2.15. The molecule has 186 valence electrons. The van der Waals surface area contributed by atoms with Crippen LogP contribution >= 0.6 is 35.0 Å². The van der Waals surface area contributed by atoms with Crippen molar-refractivity contribution in [2.24, 2.45) is 0 Å². The third-order valence-corrected chi connectivity index (χ3v) is 7.45. The van der Waals surface area contributed by atoms with Crippen LogP contribution in [0.2, 0.25) is 10.0 Å². The molecular formula is C27H25Cl2N3O3S. The minimum atomic E-state index is -0.932. The molecule has 9 heteroatoms. The predicted octanol–water partition coefficient (Wildman–Crippen LogP) is 7.83. The number of rotatable bonds is 9. The maximum atomic E-state index is 11.0. The summed E-state index contributed by atoms with van der Waals surface area (Å²) in [5, 5.41) is 14.7. The topological polar surface area (TPSA) is 77.2 Å². The van der Waals surface area contributed by atoms with Gasteiger partial charge in [-0.05, 0) is 60.4 Å². The molecule has 1 unspecified atom stereocenters. The van der Waals surface area contributed by atoms with E-state index in [1.807, 2.05) is 30.5 Å². The Hall–Kier alpha value is -3.00. The van der Waals surface area contributed by atoms with Gasteiger partial charge in [-0.2, -0.15) is 5.10 Å². The predicted molar refractivity (Wildman–Crippen MR) is 144 cm³/mol. The van der Waals surface area contributed by atoms with Crippen LogP contribution in [0.4, 0.5) is 0 Å². The molecule has 0 radical (unpaired) electrons.